The molecular formula is C22H26BrF2N3O4S. The average Bonchev–Trinajstić information content (AvgIpc) is 2.76. The SMILES string of the molecule is CNC(=O)C(C)N(Cc1ccc(Br)cc1)C(=O)CCCN(c1ccc(F)c(F)c1)S(C)(=O)=O. The molecule has 7 nitrogen and oxygen atoms in total. The maximum Gasteiger partial charge on any atom is 0.242 e. The average molecular weight is 546 g/mol. The van der Waals surface area contributed by atoms with Crippen LogP contribution in [0, 0.1) is 11.6 Å². The third-order valence-corrected chi connectivity index (χ3v) is 6.75. The number of nitrogens with zero attached hydrogens (tertiary/aromatic N) is 2. The molecule has 0 fully saturated rings. The smallest absolute Gasteiger partial charge is 0.242 e. The Morgan fingerprint density at radius 3 is 2.27 bits per heavy atom. The Hall–Kier alpha value is -2.53. The predicted octanol–water partition coefficient (Wildman–Crippen LogP) is 3.44. The van der Waals surface area contributed by atoms with Crippen molar-refractivity contribution in [2.24, 2.45) is 0 Å². The topological polar surface area (TPSA) is 86.8 Å². The normalized spacial score (nSPS) is 12.2. The molecule has 180 valence electrons. The number of halogens is 3. The van der Waals surface area contributed by atoms with Gasteiger partial charge in [-0.2, -0.15) is 0 Å². The molecule has 1 unspecified atom stereocenters. The highest BCUT2D eigenvalue weighted by molar-refractivity contribution is 9.10. The van der Waals surface area contributed by atoms with Gasteiger partial charge in [0.2, 0.25) is 21.8 Å². The van der Waals surface area contributed by atoms with Gasteiger partial charge in [0.05, 0.1) is 11.9 Å². The number of hydrogen-bond acceptors (Lipinski definition) is 4. The molecule has 2 rings (SSSR count). The summed E-state index contributed by atoms with van der Waals surface area (Å²) in [5, 5.41) is 2.53. The van der Waals surface area contributed by atoms with E-state index in [4.69, 9.17) is 0 Å². The highest BCUT2D eigenvalue weighted by Crippen LogP contribution is 2.22. The molecule has 0 aliphatic heterocycles. The fraction of sp³-hybridized carbons (Fsp3) is 0.364. The molecule has 11 heteroatoms. The number of nitrogens with one attached hydrogen (secondary N) is 1. The minimum Gasteiger partial charge on any atom is -0.357 e. The molecule has 0 radical (unpaired) electrons. The van der Waals surface area contributed by atoms with Gasteiger partial charge in [-0.3, -0.25) is 13.9 Å². The Balaban J connectivity index is 2.15. The van der Waals surface area contributed by atoms with Crippen molar-refractivity contribution in [3.8, 4) is 0 Å². The van der Waals surface area contributed by atoms with E-state index in [1.807, 2.05) is 24.3 Å². The molecule has 0 saturated heterocycles. The van der Waals surface area contributed by atoms with Crippen LogP contribution in [-0.4, -0.2) is 51.0 Å². The summed E-state index contributed by atoms with van der Waals surface area (Å²) in [6, 6.07) is 9.37. The van der Waals surface area contributed by atoms with Crippen LogP contribution in [0.2, 0.25) is 0 Å². The minimum atomic E-state index is -3.80. The largest absolute Gasteiger partial charge is 0.357 e. The van der Waals surface area contributed by atoms with Gasteiger partial charge in [-0.1, -0.05) is 28.1 Å². The number of rotatable bonds is 10. The van der Waals surface area contributed by atoms with Crippen molar-refractivity contribution >= 4 is 43.5 Å². The lowest BCUT2D eigenvalue weighted by Crippen LogP contribution is -2.46. The van der Waals surface area contributed by atoms with E-state index in [1.54, 1.807) is 6.92 Å². The Morgan fingerprint density at radius 2 is 1.73 bits per heavy atom. The zero-order valence-electron chi connectivity index (χ0n) is 18.5. The Morgan fingerprint density at radius 1 is 1.09 bits per heavy atom. The summed E-state index contributed by atoms with van der Waals surface area (Å²) in [4.78, 5) is 26.6. The van der Waals surface area contributed by atoms with Gasteiger partial charge in [0, 0.05) is 37.1 Å². The zero-order valence-corrected chi connectivity index (χ0v) is 20.9. The van der Waals surface area contributed by atoms with E-state index in [2.05, 4.69) is 21.2 Å². The standard InChI is InChI=1S/C22H26BrF2N3O4S/c1-15(22(30)26-2)27(14-16-6-8-17(23)9-7-16)21(29)5-4-12-28(33(3,31)32)18-10-11-19(24)20(25)13-18/h6-11,13,15H,4-5,12,14H2,1-3H3,(H,26,30). The Labute approximate surface area is 200 Å². The molecule has 2 aromatic rings. The number of benzene rings is 2. The second kappa shape index (κ2) is 11.6. The third-order valence-electron chi connectivity index (χ3n) is 5.02. The van der Waals surface area contributed by atoms with Gasteiger partial charge in [-0.15, -0.1) is 0 Å². The van der Waals surface area contributed by atoms with E-state index < -0.39 is 27.7 Å². The zero-order chi connectivity index (χ0) is 24.8. The fourth-order valence-corrected chi connectivity index (χ4v) is 4.44. The summed E-state index contributed by atoms with van der Waals surface area (Å²) in [6.45, 7) is 1.69. The lowest BCUT2D eigenvalue weighted by molar-refractivity contribution is -0.140. The molecule has 33 heavy (non-hydrogen) atoms. The number of amides is 2. The minimum absolute atomic E-state index is 0.0331. The van der Waals surface area contributed by atoms with Crippen LogP contribution >= 0.6 is 15.9 Å². The van der Waals surface area contributed by atoms with Crippen LogP contribution in [-0.2, 0) is 26.2 Å². The van der Waals surface area contributed by atoms with Crippen molar-refractivity contribution in [1.82, 2.24) is 10.2 Å². The van der Waals surface area contributed by atoms with E-state index in [-0.39, 0.29) is 43.4 Å². The first-order chi connectivity index (χ1) is 15.4. The number of likely N-dealkylation sites (N-methyl/N-ethyl adjacent to an activating group) is 1. The first kappa shape index (κ1) is 26.7. The van der Waals surface area contributed by atoms with Gasteiger partial charge < -0.3 is 10.2 Å². The van der Waals surface area contributed by atoms with Crippen molar-refractivity contribution in [3.05, 3.63) is 64.1 Å². The lowest BCUT2D eigenvalue weighted by Gasteiger charge is -2.29. The van der Waals surface area contributed by atoms with E-state index in [1.165, 1.54) is 11.9 Å². The second-order valence-corrected chi connectivity index (χ2v) is 10.3. The molecule has 0 aliphatic carbocycles. The molecule has 0 aliphatic rings. The number of carbonyl (C=O) groups is 2. The van der Waals surface area contributed by atoms with E-state index in [0.717, 1.165) is 38.8 Å². The summed E-state index contributed by atoms with van der Waals surface area (Å²) >= 11 is 3.35. The summed E-state index contributed by atoms with van der Waals surface area (Å²) in [5.41, 5.74) is 0.788. The molecule has 2 aromatic carbocycles. The van der Waals surface area contributed by atoms with Crippen LogP contribution in [0.5, 0.6) is 0 Å². The highest BCUT2D eigenvalue weighted by Gasteiger charge is 2.26. The van der Waals surface area contributed by atoms with E-state index in [9.17, 15) is 26.8 Å². The highest BCUT2D eigenvalue weighted by atomic mass is 79.9. The summed E-state index contributed by atoms with van der Waals surface area (Å²) in [7, 11) is -2.32. The molecule has 0 aromatic heterocycles. The van der Waals surface area contributed by atoms with Crippen molar-refractivity contribution in [2.75, 3.05) is 24.2 Å². The maximum absolute atomic E-state index is 13.6. The van der Waals surface area contributed by atoms with Crippen molar-refractivity contribution in [1.29, 1.82) is 0 Å². The van der Waals surface area contributed by atoms with Gasteiger partial charge >= 0.3 is 0 Å². The molecular weight excluding hydrogens is 520 g/mol. The first-order valence-corrected chi connectivity index (χ1v) is 12.8. The quantitative estimate of drug-likeness (QED) is 0.495. The monoisotopic (exact) mass is 545 g/mol. The number of hydrogen-bond donors (Lipinski definition) is 1. The predicted molar refractivity (Wildman–Crippen MR) is 126 cm³/mol. The van der Waals surface area contributed by atoms with Crippen LogP contribution in [0.4, 0.5) is 14.5 Å². The summed E-state index contributed by atoms with van der Waals surface area (Å²) in [6.07, 6.45) is 1.01. The van der Waals surface area contributed by atoms with Gasteiger partial charge in [0.15, 0.2) is 11.6 Å². The number of anilines is 1. The fourth-order valence-electron chi connectivity index (χ4n) is 3.22. The number of sulfonamides is 1. The number of carbonyl (C=O) groups excluding carboxylic acids is 2. The molecule has 1 atom stereocenters. The van der Waals surface area contributed by atoms with Crippen LogP contribution in [0.15, 0.2) is 46.9 Å². The Bertz CT molecular complexity index is 1100. The lowest BCUT2D eigenvalue weighted by atomic mass is 10.1. The van der Waals surface area contributed by atoms with Crippen molar-refractivity contribution in [2.45, 2.75) is 32.4 Å². The van der Waals surface area contributed by atoms with Crippen LogP contribution < -0.4 is 9.62 Å². The van der Waals surface area contributed by atoms with Crippen molar-refractivity contribution in [3.63, 3.8) is 0 Å². The van der Waals surface area contributed by atoms with E-state index >= 15 is 0 Å². The van der Waals surface area contributed by atoms with Gasteiger partial charge in [0.25, 0.3) is 0 Å². The van der Waals surface area contributed by atoms with Gasteiger partial charge in [0.1, 0.15) is 6.04 Å². The van der Waals surface area contributed by atoms with Gasteiger partial charge in [-0.25, -0.2) is 17.2 Å². The van der Waals surface area contributed by atoms with E-state index in [0.29, 0.717) is 0 Å². The Kier molecular flexibility index (Phi) is 9.35. The summed E-state index contributed by atoms with van der Waals surface area (Å²) < 4.78 is 53.1. The molecule has 0 spiro atoms. The van der Waals surface area contributed by atoms with Crippen LogP contribution in [0.1, 0.15) is 25.3 Å². The molecule has 0 saturated carbocycles. The molecule has 2 amide bonds. The third kappa shape index (κ3) is 7.50. The summed E-state index contributed by atoms with van der Waals surface area (Å²) in [5.74, 6) is -2.93. The molecule has 0 bridgehead atoms. The van der Waals surface area contributed by atoms with Crippen LogP contribution in [0.3, 0.4) is 0 Å². The molecule has 0 heterocycles. The first-order valence-electron chi connectivity index (χ1n) is 10.1. The van der Waals surface area contributed by atoms with Crippen molar-refractivity contribution < 1.29 is 26.8 Å². The molecule has 1 N–H and O–H groups in total. The van der Waals surface area contributed by atoms with Crippen LogP contribution in [0.25, 0.3) is 0 Å². The second-order valence-electron chi connectivity index (χ2n) is 7.48. The maximum atomic E-state index is 13.6. The van der Waals surface area contributed by atoms with Gasteiger partial charge in [-0.05, 0) is 43.2 Å².